The van der Waals surface area contributed by atoms with E-state index in [1.807, 2.05) is 6.92 Å². The van der Waals surface area contributed by atoms with Crippen LogP contribution in [0, 0.1) is 5.82 Å². The third-order valence-corrected chi connectivity index (χ3v) is 3.16. The van der Waals surface area contributed by atoms with Crippen LogP contribution in [0.5, 0.6) is 5.75 Å². The minimum atomic E-state index is -0.344. The second-order valence-electron chi connectivity index (χ2n) is 4.79. The van der Waals surface area contributed by atoms with Gasteiger partial charge in [0.1, 0.15) is 31.1 Å². The van der Waals surface area contributed by atoms with Crippen LogP contribution >= 0.6 is 0 Å². The molecule has 1 N–H and O–H groups in total. The van der Waals surface area contributed by atoms with Gasteiger partial charge in [0.25, 0.3) is 5.78 Å². The Balaban J connectivity index is 1.85. The van der Waals surface area contributed by atoms with Crippen LogP contribution in [0.2, 0.25) is 0 Å². The van der Waals surface area contributed by atoms with Gasteiger partial charge in [0.15, 0.2) is 0 Å². The fraction of sp³-hybridized carbons (Fsp3) is 0.200. The molecular formula is C15H15FN6O2. The Labute approximate surface area is 136 Å². The summed E-state index contributed by atoms with van der Waals surface area (Å²) >= 11 is 0. The van der Waals surface area contributed by atoms with Gasteiger partial charge in [-0.3, -0.25) is 0 Å². The van der Waals surface area contributed by atoms with Crippen molar-refractivity contribution in [2.75, 3.05) is 12.4 Å². The topological polar surface area (TPSA) is 85.9 Å². The number of benzene rings is 1. The zero-order chi connectivity index (χ0) is 16.9. The van der Waals surface area contributed by atoms with E-state index in [0.717, 1.165) is 5.69 Å². The molecule has 0 aliphatic carbocycles. The summed E-state index contributed by atoms with van der Waals surface area (Å²) in [6, 6.07) is 7.61. The van der Waals surface area contributed by atoms with Gasteiger partial charge in [0, 0.05) is 6.20 Å². The second-order valence-corrected chi connectivity index (χ2v) is 4.79. The first-order chi connectivity index (χ1) is 11.7. The summed E-state index contributed by atoms with van der Waals surface area (Å²) in [4.78, 5) is 12.9. The van der Waals surface area contributed by atoms with Crippen molar-refractivity contribution < 1.29 is 14.0 Å². The third kappa shape index (κ3) is 3.40. The molecule has 0 aliphatic rings. The number of nitrogens with zero attached hydrogens (tertiary/aromatic N) is 5. The maximum absolute atomic E-state index is 13.0. The van der Waals surface area contributed by atoms with Crippen LogP contribution in [0.1, 0.15) is 18.7 Å². The summed E-state index contributed by atoms with van der Waals surface area (Å²) in [6.45, 7) is 1.86. The first-order valence-corrected chi connectivity index (χ1v) is 7.13. The van der Waals surface area contributed by atoms with Gasteiger partial charge < -0.3 is 14.9 Å². The van der Waals surface area contributed by atoms with Crippen molar-refractivity contribution in [3.8, 4) is 5.75 Å². The lowest BCUT2D eigenvalue weighted by Crippen LogP contribution is -2.10. The number of hydrogen-bond acceptors (Lipinski definition) is 6. The van der Waals surface area contributed by atoms with Crippen LogP contribution in [-0.2, 0) is 4.84 Å². The minimum Gasteiger partial charge on any atom is -0.484 e. The van der Waals surface area contributed by atoms with E-state index in [4.69, 9.17) is 4.74 Å². The molecule has 0 amide bonds. The molecule has 0 aliphatic heterocycles. The Hall–Kier alpha value is -3.23. The monoisotopic (exact) mass is 330 g/mol. The smallest absolute Gasteiger partial charge is 0.254 e. The van der Waals surface area contributed by atoms with E-state index in [1.165, 1.54) is 25.6 Å². The van der Waals surface area contributed by atoms with Crippen molar-refractivity contribution in [1.29, 1.82) is 0 Å². The summed E-state index contributed by atoms with van der Waals surface area (Å²) in [6.07, 6.45) is 2.60. The molecule has 124 valence electrons. The molecule has 0 fully saturated rings. The highest BCUT2D eigenvalue weighted by Crippen LogP contribution is 2.22. The van der Waals surface area contributed by atoms with Crippen LogP contribution in [0.3, 0.4) is 0 Å². The van der Waals surface area contributed by atoms with Gasteiger partial charge in [-0.25, -0.2) is 9.37 Å². The van der Waals surface area contributed by atoms with E-state index < -0.39 is 0 Å². The first-order valence-electron chi connectivity index (χ1n) is 7.13. The lowest BCUT2D eigenvalue weighted by molar-refractivity contribution is 0.215. The van der Waals surface area contributed by atoms with Crippen molar-refractivity contribution in [2.24, 2.45) is 5.16 Å². The van der Waals surface area contributed by atoms with E-state index in [2.05, 4.69) is 30.4 Å². The fourth-order valence-electron chi connectivity index (χ4n) is 2.09. The summed E-state index contributed by atoms with van der Waals surface area (Å²) in [5.74, 6) is 0.977. The van der Waals surface area contributed by atoms with E-state index in [9.17, 15) is 4.39 Å². The third-order valence-electron chi connectivity index (χ3n) is 3.16. The number of ether oxygens (including phenoxy) is 1. The number of anilines is 1. The molecule has 0 spiro atoms. The summed E-state index contributed by atoms with van der Waals surface area (Å²) < 4.78 is 20.4. The average Bonchev–Trinajstić information content (AvgIpc) is 3.00. The van der Waals surface area contributed by atoms with Crippen molar-refractivity contribution in [1.82, 2.24) is 19.6 Å². The lowest BCUT2D eigenvalue weighted by atomic mass is 10.2. The maximum atomic E-state index is 13.0. The Bertz CT molecular complexity index is 849. The molecule has 0 bridgehead atoms. The van der Waals surface area contributed by atoms with Gasteiger partial charge in [-0.05, 0) is 37.3 Å². The number of nitrogens with one attached hydrogen (secondary N) is 1. The van der Waals surface area contributed by atoms with E-state index in [-0.39, 0.29) is 11.9 Å². The highest BCUT2D eigenvalue weighted by atomic mass is 19.1. The van der Waals surface area contributed by atoms with Crippen molar-refractivity contribution in [3.05, 3.63) is 48.0 Å². The summed E-state index contributed by atoms with van der Waals surface area (Å²) in [7, 11) is 1.43. The Morgan fingerprint density at radius 2 is 2.08 bits per heavy atom. The summed E-state index contributed by atoms with van der Waals surface area (Å²) in [5.41, 5.74) is 0.744. The number of halogens is 1. The molecule has 1 atom stereocenters. The molecule has 9 heteroatoms. The Kier molecular flexibility index (Phi) is 4.50. The van der Waals surface area contributed by atoms with E-state index in [1.54, 1.807) is 28.9 Å². The molecule has 0 saturated carbocycles. The Morgan fingerprint density at radius 1 is 1.29 bits per heavy atom. The quantitative estimate of drug-likeness (QED) is 0.424. The SMILES string of the molecule is CON=CNc1nc2nccc(C(C)Oc3ccc(F)cc3)n2n1. The van der Waals surface area contributed by atoms with Crippen molar-refractivity contribution >= 4 is 18.1 Å². The molecule has 3 rings (SSSR count). The fourth-order valence-corrected chi connectivity index (χ4v) is 2.09. The molecular weight excluding hydrogens is 315 g/mol. The van der Waals surface area contributed by atoms with Crippen LogP contribution in [0.25, 0.3) is 5.78 Å². The van der Waals surface area contributed by atoms with Crippen LogP contribution in [-0.4, -0.2) is 33.0 Å². The molecule has 3 aromatic rings. The lowest BCUT2D eigenvalue weighted by Gasteiger charge is -2.15. The normalized spacial score (nSPS) is 12.5. The van der Waals surface area contributed by atoms with Gasteiger partial charge in [-0.1, -0.05) is 5.16 Å². The molecule has 24 heavy (non-hydrogen) atoms. The zero-order valence-electron chi connectivity index (χ0n) is 13.0. The van der Waals surface area contributed by atoms with Gasteiger partial charge in [-0.15, -0.1) is 5.10 Å². The number of oxime groups is 1. The number of aromatic nitrogens is 4. The maximum Gasteiger partial charge on any atom is 0.254 e. The van der Waals surface area contributed by atoms with E-state index in [0.29, 0.717) is 17.5 Å². The Morgan fingerprint density at radius 3 is 2.83 bits per heavy atom. The largest absolute Gasteiger partial charge is 0.484 e. The minimum absolute atomic E-state index is 0.314. The molecule has 0 radical (unpaired) electrons. The highest BCUT2D eigenvalue weighted by molar-refractivity contribution is 5.71. The molecule has 0 saturated heterocycles. The molecule has 8 nitrogen and oxygen atoms in total. The van der Waals surface area contributed by atoms with Gasteiger partial charge in [0.05, 0.1) is 5.69 Å². The number of rotatable bonds is 6. The van der Waals surface area contributed by atoms with Crippen LogP contribution < -0.4 is 10.1 Å². The second kappa shape index (κ2) is 6.90. The molecule has 1 unspecified atom stereocenters. The average molecular weight is 330 g/mol. The number of hydrogen-bond donors (Lipinski definition) is 1. The molecule has 2 aromatic heterocycles. The molecule has 1 aromatic carbocycles. The standard InChI is InChI=1S/C15H15FN6O2/c1-10(24-12-5-3-11(16)4-6-12)13-7-8-17-15-20-14(21-22(13)15)18-9-19-23-2/h3-10H,1-2H3,(H,18,19,21). The van der Waals surface area contributed by atoms with Crippen LogP contribution in [0.4, 0.5) is 10.3 Å². The first kappa shape index (κ1) is 15.7. The predicted molar refractivity (Wildman–Crippen MR) is 85.3 cm³/mol. The highest BCUT2D eigenvalue weighted by Gasteiger charge is 2.15. The van der Waals surface area contributed by atoms with Crippen molar-refractivity contribution in [3.63, 3.8) is 0 Å². The predicted octanol–water partition coefficient (Wildman–Crippen LogP) is 2.41. The van der Waals surface area contributed by atoms with Gasteiger partial charge in [-0.2, -0.15) is 9.50 Å². The van der Waals surface area contributed by atoms with E-state index >= 15 is 0 Å². The van der Waals surface area contributed by atoms with Crippen molar-refractivity contribution in [2.45, 2.75) is 13.0 Å². The van der Waals surface area contributed by atoms with Gasteiger partial charge >= 0.3 is 0 Å². The molecule has 2 heterocycles. The van der Waals surface area contributed by atoms with Gasteiger partial charge in [0.2, 0.25) is 5.95 Å². The summed E-state index contributed by atoms with van der Waals surface area (Å²) in [5, 5.41) is 10.6. The number of fused-ring (bicyclic) bond motifs is 1. The van der Waals surface area contributed by atoms with Crippen LogP contribution in [0.15, 0.2) is 41.7 Å². The zero-order valence-corrected chi connectivity index (χ0v) is 13.0.